The monoisotopic (exact) mass is 1590 g/mol. The molecule has 14 aromatic carbocycles. The summed E-state index contributed by atoms with van der Waals surface area (Å²) in [6.07, 6.45) is 9.95. The minimum Gasteiger partial charge on any atom is -0.311 e. The summed E-state index contributed by atoms with van der Waals surface area (Å²) < 4.78 is 6.34. The van der Waals surface area contributed by atoms with Crippen LogP contribution in [0.1, 0.15) is 33.4 Å². The summed E-state index contributed by atoms with van der Waals surface area (Å²) in [7, 11) is 0. The molecule has 0 amide bonds. The molecule has 0 saturated carbocycles. The minimum atomic E-state index is 0.749. The molecule has 0 fully saturated rings. The molecule has 0 spiro atoms. The zero-order valence-electron chi connectivity index (χ0n) is 66.0. The predicted octanol–water partition coefficient (Wildman–Crippen LogP) is 26.9. The maximum Gasteiger partial charge on any atom is 0.164 e. The lowest BCUT2D eigenvalue weighted by Crippen LogP contribution is -2.09. The Morgan fingerprint density at radius 2 is 0.492 bits per heavy atom. The fourth-order valence-electron chi connectivity index (χ4n) is 15.7. The molecule has 21 aromatic rings. The molecule has 21 rings (SSSR count). The van der Waals surface area contributed by atoms with Gasteiger partial charge in [0.2, 0.25) is 0 Å². The van der Waals surface area contributed by atoms with Gasteiger partial charge in [-0.05, 0) is 220 Å². The number of aromatic nitrogens is 11. The third-order valence-corrected chi connectivity index (χ3v) is 22.5. The van der Waals surface area contributed by atoms with Crippen LogP contribution in [-0.2, 0) is 0 Å². The molecule has 0 saturated heterocycles. The topological polar surface area (TPSA) is 124 Å². The van der Waals surface area contributed by atoms with E-state index in [2.05, 4.69) is 380 Å². The van der Waals surface area contributed by atoms with E-state index in [1.54, 1.807) is 29.9 Å². The van der Waals surface area contributed by atoms with E-state index in [9.17, 15) is 0 Å². The average Bonchev–Trinajstić information content (AvgIpc) is 1.58. The summed E-state index contributed by atoms with van der Waals surface area (Å²) in [5, 5.41) is 11.1. The fraction of sp³-hybridized carbons (Fsp3) is 0. The molecule has 0 radical (unpaired) electrons. The molecule has 7 heterocycles. The highest BCUT2D eigenvalue weighted by atomic mass is 32.1. The molecule has 0 aliphatic heterocycles. The second-order valence-corrected chi connectivity index (χ2v) is 30.2. The molecule has 14 heteroatoms. The van der Waals surface area contributed by atoms with Crippen LogP contribution in [0.15, 0.2) is 443 Å². The minimum absolute atomic E-state index is 0.749. The van der Waals surface area contributed by atoms with Crippen molar-refractivity contribution in [3.63, 3.8) is 0 Å². The van der Waals surface area contributed by atoms with Gasteiger partial charge in [-0.3, -0.25) is 13.7 Å². The summed E-state index contributed by atoms with van der Waals surface area (Å²) in [6, 6.07) is 147. The average molecular weight is 1590 g/mol. The predicted molar refractivity (Wildman–Crippen MR) is 500 cm³/mol. The molecule has 0 atom stereocenters. The van der Waals surface area contributed by atoms with Gasteiger partial charge in [0.25, 0.3) is 0 Å². The van der Waals surface area contributed by atoms with E-state index in [4.69, 9.17) is 29.9 Å². The van der Waals surface area contributed by atoms with Gasteiger partial charge in [-0.1, -0.05) is 272 Å². The van der Waals surface area contributed by atoms with Gasteiger partial charge in [0.1, 0.15) is 44.0 Å². The number of benzene rings is 14. The Morgan fingerprint density at radius 1 is 0.238 bits per heavy atom. The van der Waals surface area contributed by atoms with Gasteiger partial charge in [0, 0.05) is 97.6 Å². The number of para-hydroxylation sites is 7. The highest BCUT2D eigenvalue weighted by Gasteiger charge is 2.25. The number of hydrogen-bond donors (Lipinski definition) is 0. The van der Waals surface area contributed by atoms with Gasteiger partial charge in [-0.25, -0.2) is 29.9 Å². The summed E-state index contributed by atoms with van der Waals surface area (Å²) in [6.45, 7) is 0. The van der Waals surface area contributed by atoms with E-state index in [0.717, 1.165) is 185 Å². The summed E-state index contributed by atoms with van der Waals surface area (Å²) in [5.41, 5.74) is 28.0. The van der Waals surface area contributed by atoms with Crippen LogP contribution in [0.25, 0.3) is 129 Å². The SMILES string of the molecule is C(=C(c1ccccc1)c1ccc(N(c2ccccc2)c2ccccc2)cc1)c1ccc(-c2nnc(-c3ccc(C=C(c4ccccc4)c4ccc(N(c5ccccc5)c5ccccc5)cc4)cc3)s2)cc1.c1ccc(-n2c(-c3cc(-c4nc5cccnc5n4-c4ccccc4)cc(-c4nc5cccnc5n4-c4ccccc4)c3)nc3cccnc32)cc1. The van der Waals surface area contributed by atoms with Crippen molar-refractivity contribution < 1.29 is 0 Å². The standard InChI is InChI=1S/C66H48N4S.C42H27N9/c1-7-19-51(20-8-1)63(53-39-43-61(44-40-53)69(57-23-11-3-12-24-57)58-25-13-4-14-26-58)47-49-31-35-55(36-32-49)65-67-68-66(71-65)56-37-33-50(34-38-56)48-64(52-21-9-2-10-22-52)54-41-45-62(46-42-54)70(59-27-15-5-16-28-59)60-29-17-6-18-30-60;1-4-13-31(14-5-1)49-37(46-34-19-10-22-43-40(34)49)28-25-29(38-47-35-20-11-23-44-41(35)50(38)32-15-6-2-7-16-32)27-30(26-28)39-48-36-21-12-24-45-42(36)51(39)33-17-8-3-9-18-33/h1-48H;1-27H. The van der Waals surface area contributed by atoms with Crippen molar-refractivity contribution in [2.45, 2.75) is 0 Å². The van der Waals surface area contributed by atoms with E-state index < -0.39 is 0 Å². The van der Waals surface area contributed by atoms with Crippen molar-refractivity contribution in [3.05, 3.63) is 477 Å². The van der Waals surface area contributed by atoms with E-state index >= 15 is 0 Å². The van der Waals surface area contributed by atoms with Gasteiger partial charge in [-0.15, -0.1) is 10.2 Å². The Hall–Kier alpha value is -16.4. The second-order valence-electron chi connectivity index (χ2n) is 29.3. The molecule has 7 aromatic heterocycles. The first-order valence-corrected chi connectivity index (χ1v) is 41.2. The summed E-state index contributed by atoms with van der Waals surface area (Å²) >= 11 is 1.61. The number of anilines is 6. The number of imidazole rings is 3. The third-order valence-electron chi connectivity index (χ3n) is 21.5. The van der Waals surface area contributed by atoms with Gasteiger partial charge in [0.05, 0.1) is 0 Å². The molecule has 0 bridgehead atoms. The number of nitrogens with zero attached hydrogens (tertiary/aromatic N) is 13. The Kier molecular flexibility index (Phi) is 20.8. The van der Waals surface area contributed by atoms with Crippen molar-refractivity contribution in [3.8, 4) is 72.4 Å². The number of pyridine rings is 3. The first kappa shape index (κ1) is 74.4. The van der Waals surface area contributed by atoms with Crippen LogP contribution >= 0.6 is 11.3 Å². The smallest absolute Gasteiger partial charge is 0.164 e. The van der Waals surface area contributed by atoms with Gasteiger partial charge in [-0.2, -0.15) is 0 Å². The molecule has 578 valence electrons. The number of hydrogen-bond acceptors (Lipinski definition) is 11. The maximum absolute atomic E-state index is 5.20. The lowest BCUT2D eigenvalue weighted by Gasteiger charge is -2.25. The lowest BCUT2D eigenvalue weighted by atomic mass is 9.95. The van der Waals surface area contributed by atoms with Gasteiger partial charge < -0.3 is 9.80 Å². The van der Waals surface area contributed by atoms with Crippen molar-refractivity contribution in [1.29, 1.82) is 0 Å². The molecule has 0 aliphatic rings. The van der Waals surface area contributed by atoms with Crippen LogP contribution in [0.2, 0.25) is 0 Å². The first-order valence-electron chi connectivity index (χ1n) is 40.4. The van der Waals surface area contributed by atoms with E-state index in [1.807, 2.05) is 91.0 Å². The third kappa shape index (κ3) is 15.5. The van der Waals surface area contributed by atoms with E-state index in [-0.39, 0.29) is 0 Å². The zero-order valence-corrected chi connectivity index (χ0v) is 66.8. The maximum atomic E-state index is 5.20. The Balaban J connectivity index is 0.000000163. The van der Waals surface area contributed by atoms with Crippen LogP contribution in [0.3, 0.4) is 0 Å². The van der Waals surface area contributed by atoms with Gasteiger partial charge in [0.15, 0.2) is 16.9 Å². The highest BCUT2D eigenvalue weighted by molar-refractivity contribution is 7.17. The van der Waals surface area contributed by atoms with E-state index in [0.29, 0.717) is 0 Å². The fourth-order valence-corrected chi connectivity index (χ4v) is 16.6. The summed E-state index contributed by atoms with van der Waals surface area (Å²) in [4.78, 5) is 34.5. The molecule has 0 N–H and O–H groups in total. The Labute approximate surface area is 710 Å². The molecule has 13 nitrogen and oxygen atoms in total. The molecule has 0 aliphatic carbocycles. The van der Waals surface area contributed by atoms with Crippen LogP contribution in [0.5, 0.6) is 0 Å². The normalized spacial score (nSPS) is 11.5. The van der Waals surface area contributed by atoms with Crippen LogP contribution in [0.4, 0.5) is 34.1 Å². The second kappa shape index (κ2) is 34.0. The number of fused-ring (bicyclic) bond motifs is 3. The highest BCUT2D eigenvalue weighted by Crippen LogP contribution is 2.43. The van der Waals surface area contributed by atoms with Crippen LogP contribution in [-0.4, -0.2) is 53.8 Å². The van der Waals surface area contributed by atoms with Crippen molar-refractivity contribution in [2.75, 3.05) is 9.80 Å². The first-order chi connectivity index (χ1) is 60.5. The van der Waals surface area contributed by atoms with Crippen molar-refractivity contribution >= 4 is 102 Å². The summed E-state index contributed by atoms with van der Waals surface area (Å²) in [5.74, 6) is 2.25. The molecule has 0 unspecified atom stereocenters. The van der Waals surface area contributed by atoms with Crippen LogP contribution < -0.4 is 9.80 Å². The Morgan fingerprint density at radius 3 is 0.779 bits per heavy atom. The molecular weight excluding hydrogens is 1510 g/mol. The number of rotatable bonds is 20. The zero-order chi connectivity index (χ0) is 81.3. The molecule has 122 heavy (non-hydrogen) atoms. The lowest BCUT2D eigenvalue weighted by molar-refractivity contribution is 1.06. The molecular formula is C108H75N13S. The quantitative estimate of drug-likeness (QED) is 0.0681. The van der Waals surface area contributed by atoms with Crippen molar-refractivity contribution in [1.82, 2.24) is 53.8 Å². The largest absolute Gasteiger partial charge is 0.311 e. The van der Waals surface area contributed by atoms with Crippen molar-refractivity contribution in [2.24, 2.45) is 0 Å². The van der Waals surface area contributed by atoms with Gasteiger partial charge >= 0.3 is 0 Å². The Bertz CT molecular complexity index is 6590. The van der Waals surface area contributed by atoms with Crippen LogP contribution in [0, 0.1) is 0 Å². The van der Waals surface area contributed by atoms with E-state index in [1.165, 1.54) is 0 Å².